The molecule has 1 aliphatic heterocycles. The average Bonchev–Trinajstić information content (AvgIpc) is 3.88. The van der Waals surface area contributed by atoms with E-state index in [-0.39, 0.29) is 5.92 Å². The highest BCUT2D eigenvalue weighted by Gasteiger charge is 2.30. The fraction of sp³-hybridized carbons (Fsp3) is 0.119. The Bertz CT molecular complexity index is 3550. The summed E-state index contributed by atoms with van der Waals surface area (Å²) in [6.07, 6.45) is 20.5. The summed E-state index contributed by atoms with van der Waals surface area (Å²) in [6.45, 7) is 0. The van der Waals surface area contributed by atoms with Gasteiger partial charge in [-0.2, -0.15) is 0 Å². The zero-order chi connectivity index (χ0) is 42.1. The number of hydrogen-bond donors (Lipinski definition) is 1. The summed E-state index contributed by atoms with van der Waals surface area (Å²) in [6, 6.07) is 55.4. The van der Waals surface area contributed by atoms with Crippen LogP contribution in [0.1, 0.15) is 70.6 Å². The molecule has 0 saturated heterocycles. The third-order valence-corrected chi connectivity index (χ3v) is 13.8. The van der Waals surface area contributed by atoms with Gasteiger partial charge in [0.15, 0.2) is 6.17 Å². The number of para-hydroxylation sites is 1. The molecule has 4 aliphatic rings. The number of nitrogens with zero attached hydrogens (tertiary/aromatic N) is 4. The van der Waals surface area contributed by atoms with Gasteiger partial charge in [0.25, 0.3) is 0 Å². The van der Waals surface area contributed by atoms with Crippen LogP contribution in [-0.4, -0.2) is 20.8 Å². The molecule has 5 nitrogen and oxygen atoms in total. The van der Waals surface area contributed by atoms with Crippen LogP contribution in [-0.2, 0) is 12.8 Å². The zero-order valence-corrected chi connectivity index (χ0v) is 35.5. The lowest BCUT2D eigenvalue weighted by Crippen LogP contribution is -2.37. The Morgan fingerprint density at radius 3 is 2.25 bits per heavy atom. The number of nitrogens with one attached hydrogen (secondary N) is 1. The Morgan fingerprint density at radius 2 is 1.34 bits per heavy atom. The molecule has 0 saturated carbocycles. The monoisotopic (exact) mass is 823 g/mol. The van der Waals surface area contributed by atoms with Gasteiger partial charge in [-0.15, -0.1) is 0 Å². The first-order valence-electron chi connectivity index (χ1n) is 22.7. The van der Waals surface area contributed by atoms with Crippen molar-refractivity contribution < 1.29 is 0 Å². The Balaban J connectivity index is 1.02. The van der Waals surface area contributed by atoms with Crippen molar-refractivity contribution in [2.45, 2.75) is 44.2 Å². The van der Waals surface area contributed by atoms with E-state index in [2.05, 4.69) is 209 Å². The molecule has 0 bridgehead atoms. The van der Waals surface area contributed by atoms with Crippen molar-refractivity contribution in [3.63, 3.8) is 0 Å². The highest BCUT2D eigenvalue weighted by Crippen LogP contribution is 2.43. The highest BCUT2D eigenvalue weighted by molar-refractivity contribution is 6.16. The largest absolute Gasteiger partial charge is 0.325 e. The fourth-order valence-electron chi connectivity index (χ4n) is 10.8. The van der Waals surface area contributed by atoms with E-state index < -0.39 is 6.17 Å². The number of fused-ring (bicyclic) bond motifs is 8. The Kier molecular flexibility index (Phi) is 8.61. The summed E-state index contributed by atoms with van der Waals surface area (Å²) < 4.78 is 5.02. The number of aromatic nitrogens is 2. The summed E-state index contributed by atoms with van der Waals surface area (Å²) in [7, 11) is 0. The summed E-state index contributed by atoms with van der Waals surface area (Å²) in [5, 5.41) is 11.1. The molecule has 306 valence electrons. The summed E-state index contributed by atoms with van der Waals surface area (Å²) in [5.74, 6) is 1.96. The van der Waals surface area contributed by atoms with E-state index in [1.54, 1.807) is 0 Å². The van der Waals surface area contributed by atoms with Crippen LogP contribution >= 0.6 is 0 Å². The third-order valence-electron chi connectivity index (χ3n) is 13.8. The maximum Gasteiger partial charge on any atom is 0.172 e. The molecular formula is C59H45N5. The second-order valence-electron chi connectivity index (χ2n) is 17.5. The molecule has 2 aromatic heterocycles. The van der Waals surface area contributed by atoms with Crippen molar-refractivity contribution in [2.75, 3.05) is 0 Å². The van der Waals surface area contributed by atoms with Crippen molar-refractivity contribution in [3.8, 4) is 11.4 Å². The van der Waals surface area contributed by atoms with E-state index >= 15 is 0 Å². The van der Waals surface area contributed by atoms with Gasteiger partial charge in [0.2, 0.25) is 0 Å². The van der Waals surface area contributed by atoms with E-state index in [9.17, 15) is 0 Å². The number of rotatable bonds is 6. The topological polar surface area (TPSA) is 46.6 Å². The minimum absolute atomic E-state index is 0.260. The second kappa shape index (κ2) is 15.0. The molecule has 2 atom stereocenters. The van der Waals surface area contributed by atoms with Gasteiger partial charge in [-0.1, -0.05) is 152 Å². The smallest absolute Gasteiger partial charge is 0.172 e. The van der Waals surface area contributed by atoms with Gasteiger partial charge >= 0.3 is 0 Å². The van der Waals surface area contributed by atoms with Crippen LogP contribution in [0.4, 0.5) is 0 Å². The van der Waals surface area contributed by atoms with Crippen LogP contribution in [0.2, 0.25) is 0 Å². The minimum Gasteiger partial charge on any atom is -0.325 e. The van der Waals surface area contributed by atoms with Gasteiger partial charge in [-0.05, 0) is 113 Å². The van der Waals surface area contributed by atoms with E-state index in [4.69, 9.17) is 9.98 Å². The lowest BCUT2D eigenvalue weighted by Gasteiger charge is -2.28. The lowest BCUT2D eigenvalue weighted by atomic mass is 9.87. The Hall–Kier alpha value is -7.76. The van der Waals surface area contributed by atoms with Gasteiger partial charge in [0.05, 0.1) is 16.7 Å². The summed E-state index contributed by atoms with van der Waals surface area (Å²) >= 11 is 0. The molecule has 64 heavy (non-hydrogen) atoms. The SMILES string of the molecule is C1=CC(c2ccccc2)CC(C2=NC(c3c(-n4c5c(c6cc7ccc(-n8c9c(c%10ccccc%108)CCC=C9)cc7cc64)C=CCC5)ccc4ccccc34)N=C(c3ccccc3)N2)=C1. The molecule has 5 heteroatoms. The molecule has 0 radical (unpaired) electrons. The van der Waals surface area contributed by atoms with Crippen LogP contribution < -0.4 is 5.32 Å². The van der Waals surface area contributed by atoms with Crippen molar-refractivity contribution in [1.29, 1.82) is 0 Å². The van der Waals surface area contributed by atoms with E-state index in [0.29, 0.717) is 0 Å². The first-order valence-corrected chi connectivity index (χ1v) is 22.7. The molecule has 0 amide bonds. The highest BCUT2D eigenvalue weighted by atomic mass is 15.2. The van der Waals surface area contributed by atoms with Gasteiger partial charge in [0, 0.05) is 50.5 Å². The number of allylic oxidation sites excluding steroid dienone is 5. The quantitative estimate of drug-likeness (QED) is 0.178. The van der Waals surface area contributed by atoms with E-state index in [1.165, 1.54) is 77.3 Å². The van der Waals surface area contributed by atoms with Crippen LogP contribution in [0.3, 0.4) is 0 Å². The number of aliphatic imine (C=N–C) groups is 2. The average molecular weight is 824 g/mol. The molecule has 7 aromatic carbocycles. The standard InChI is InChI=1S/C59H45N5/c1-3-16-38(17-4-1)41-21-15-22-43(34-41)58-60-57(40-19-5-2-6-20-40)61-59(62-58)56-46-23-8-7-18-39(46)31-33-54(56)64-53-29-14-11-26-49(53)50-36-42-30-32-45(35-44(42)37-55(50)64)63-51-27-12-9-24-47(51)48-25-10-13-28-52(48)63/h1-9,11-13,15-24,26-28,30-33,35-37,41,59H,10,14,25,29,34H2,(H,60,61,62). The van der Waals surface area contributed by atoms with Crippen LogP contribution in [0.5, 0.6) is 0 Å². The molecule has 1 N–H and O–H groups in total. The third kappa shape index (κ3) is 5.99. The number of benzene rings is 7. The number of hydrogen-bond acceptors (Lipinski definition) is 3. The van der Waals surface area contributed by atoms with Gasteiger partial charge in [-0.3, -0.25) is 0 Å². The van der Waals surface area contributed by atoms with Crippen molar-refractivity contribution in [3.05, 3.63) is 227 Å². The number of amidine groups is 2. The molecule has 2 unspecified atom stereocenters. The molecule has 9 aromatic rings. The molecular weight excluding hydrogens is 779 g/mol. The van der Waals surface area contributed by atoms with Gasteiger partial charge in [0.1, 0.15) is 11.7 Å². The molecule has 0 fully saturated rings. The normalized spacial score (nSPS) is 17.9. The van der Waals surface area contributed by atoms with Crippen LogP contribution in [0, 0.1) is 0 Å². The van der Waals surface area contributed by atoms with E-state index in [1.807, 2.05) is 0 Å². The van der Waals surface area contributed by atoms with Crippen molar-refractivity contribution >= 4 is 67.2 Å². The van der Waals surface area contributed by atoms with Gasteiger partial charge in [-0.25, -0.2) is 9.98 Å². The molecule has 3 heterocycles. The lowest BCUT2D eigenvalue weighted by molar-refractivity contribution is 0.743. The maximum absolute atomic E-state index is 5.62. The molecule has 13 rings (SSSR count). The second-order valence-corrected chi connectivity index (χ2v) is 17.5. The molecule has 3 aliphatic carbocycles. The summed E-state index contributed by atoms with van der Waals surface area (Å²) in [4.78, 5) is 11.2. The van der Waals surface area contributed by atoms with E-state index in [0.717, 1.165) is 66.0 Å². The van der Waals surface area contributed by atoms with Crippen molar-refractivity contribution in [2.24, 2.45) is 9.98 Å². The van der Waals surface area contributed by atoms with Crippen LogP contribution in [0.25, 0.3) is 66.9 Å². The number of aryl methyl sites for hydroxylation is 1. The van der Waals surface area contributed by atoms with Crippen molar-refractivity contribution in [1.82, 2.24) is 14.5 Å². The van der Waals surface area contributed by atoms with Gasteiger partial charge < -0.3 is 14.5 Å². The molecule has 0 spiro atoms. The summed E-state index contributed by atoms with van der Waals surface area (Å²) in [5.41, 5.74) is 14.8. The first kappa shape index (κ1) is 36.9. The van der Waals surface area contributed by atoms with Crippen LogP contribution in [0.15, 0.2) is 198 Å². The Morgan fingerprint density at radius 1 is 0.578 bits per heavy atom. The minimum atomic E-state index is -0.505. The first-order chi connectivity index (χ1) is 31.7. The predicted octanol–water partition coefficient (Wildman–Crippen LogP) is 13.9. The zero-order valence-electron chi connectivity index (χ0n) is 35.5. The predicted molar refractivity (Wildman–Crippen MR) is 267 cm³/mol. The fourth-order valence-corrected chi connectivity index (χ4v) is 10.8. The Labute approximate surface area is 372 Å². The maximum atomic E-state index is 5.62.